The van der Waals surface area contributed by atoms with E-state index in [1.807, 2.05) is 7.05 Å². The van der Waals surface area contributed by atoms with Gasteiger partial charge < -0.3 is 10.4 Å². The molecular weight excluding hydrogens is 229 g/mol. The van der Waals surface area contributed by atoms with Crippen molar-refractivity contribution in [3.63, 3.8) is 0 Å². The second-order valence-corrected chi connectivity index (χ2v) is 4.70. The number of benzene rings is 1. The smallest absolute Gasteiger partial charge is 0.127 e. The van der Waals surface area contributed by atoms with Crippen LogP contribution < -0.4 is 5.32 Å². The molecule has 0 bridgehead atoms. The van der Waals surface area contributed by atoms with Crippen molar-refractivity contribution in [1.82, 2.24) is 5.32 Å². The van der Waals surface area contributed by atoms with Gasteiger partial charge in [0.05, 0.1) is 5.60 Å². The van der Waals surface area contributed by atoms with Gasteiger partial charge in [-0.15, -0.1) is 0 Å². The SMILES string of the molecule is CNCCC(C)(O)Cc1ccc(Cl)cc1F. The monoisotopic (exact) mass is 245 g/mol. The summed E-state index contributed by atoms with van der Waals surface area (Å²) in [6.45, 7) is 2.40. The Balaban J connectivity index is 2.71. The van der Waals surface area contributed by atoms with E-state index in [2.05, 4.69) is 5.32 Å². The predicted octanol–water partition coefficient (Wildman–Crippen LogP) is 2.38. The lowest BCUT2D eigenvalue weighted by Crippen LogP contribution is -2.31. The van der Waals surface area contributed by atoms with Crippen molar-refractivity contribution in [3.8, 4) is 0 Å². The van der Waals surface area contributed by atoms with Crippen LogP contribution in [0.15, 0.2) is 18.2 Å². The maximum Gasteiger partial charge on any atom is 0.127 e. The van der Waals surface area contributed by atoms with E-state index < -0.39 is 5.60 Å². The van der Waals surface area contributed by atoms with Crippen LogP contribution in [0.25, 0.3) is 0 Å². The molecule has 1 rings (SSSR count). The van der Waals surface area contributed by atoms with Gasteiger partial charge in [-0.25, -0.2) is 4.39 Å². The third kappa shape index (κ3) is 4.08. The van der Waals surface area contributed by atoms with E-state index in [0.717, 1.165) is 0 Å². The highest BCUT2D eigenvalue weighted by atomic mass is 35.5. The van der Waals surface area contributed by atoms with Gasteiger partial charge >= 0.3 is 0 Å². The third-order valence-corrected chi connectivity index (χ3v) is 2.74. The first-order chi connectivity index (χ1) is 7.44. The first kappa shape index (κ1) is 13.4. The molecular formula is C12H17ClFNO. The molecule has 0 aliphatic carbocycles. The number of rotatable bonds is 5. The van der Waals surface area contributed by atoms with E-state index in [1.54, 1.807) is 19.1 Å². The van der Waals surface area contributed by atoms with E-state index in [0.29, 0.717) is 23.6 Å². The highest BCUT2D eigenvalue weighted by Gasteiger charge is 2.21. The molecule has 2 N–H and O–H groups in total. The molecule has 0 aliphatic rings. The van der Waals surface area contributed by atoms with Crippen molar-refractivity contribution in [2.75, 3.05) is 13.6 Å². The molecule has 0 aromatic heterocycles. The first-order valence-corrected chi connectivity index (χ1v) is 5.63. The van der Waals surface area contributed by atoms with E-state index >= 15 is 0 Å². The molecule has 1 aromatic rings. The molecule has 0 saturated carbocycles. The molecule has 2 nitrogen and oxygen atoms in total. The fourth-order valence-corrected chi connectivity index (χ4v) is 1.72. The van der Waals surface area contributed by atoms with Gasteiger partial charge in [0.1, 0.15) is 5.82 Å². The second kappa shape index (κ2) is 5.62. The topological polar surface area (TPSA) is 32.3 Å². The summed E-state index contributed by atoms with van der Waals surface area (Å²) >= 11 is 5.66. The Morgan fingerprint density at radius 2 is 2.19 bits per heavy atom. The standard InChI is InChI=1S/C12H17ClFNO/c1-12(16,5-6-15-2)8-9-3-4-10(13)7-11(9)14/h3-4,7,15-16H,5-6,8H2,1-2H3. The Bertz CT molecular complexity index is 355. The van der Waals surface area contributed by atoms with E-state index in [4.69, 9.17) is 11.6 Å². The minimum Gasteiger partial charge on any atom is -0.390 e. The summed E-state index contributed by atoms with van der Waals surface area (Å²) in [5.74, 6) is -0.364. The highest BCUT2D eigenvalue weighted by Crippen LogP contribution is 2.21. The van der Waals surface area contributed by atoms with Crippen LogP contribution in [-0.2, 0) is 6.42 Å². The Kier molecular flexibility index (Phi) is 4.71. The molecule has 0 saturated heterocycles. The summed E-state index contributed by atoms with van der Waals surface area (Å²) < 4.78 is 13.5. The number of halogens is 2. The summed E-state index contributed by atoms with van der Waals surface area (Å²) in [6, 6.07) is 4.52. The van der Waals surface area contributed by atoms with E-state index in [1.165, 1.54) is 6.07 Å². The minimum absolute atomic E-state index is 0.289. The Morgan fingerprint density at radius 3 is 2.75 bits per heavy atom. The molecule has 0 radical (unpaired) electrons. The molecule has 1 unspecified atom stereocenters. The quantitative estimate of drug-likeness (QED) is 0.835. The molecule has 0 fully saturated rings. The van der Waals surface area contributed by atoms with Crippen LogP contribution in [0.2, 0.25) is 5.02 Å². The zero-order chi connectivity index (χ0) is 12.2. The van der Waals surface area contributed by atoms with Gasteiger partial charge in [-0.05, 0) is 44.6 Å². The Morgan fingerprint density at radius 1 is 1.50 bits per heavy atom. The lowest BCUT2D eigenvalue weighted by molar-refractivity contribution is 0.0512. The van der Waals surface area contributed by atoms with Gasteiger partial charge in [-0.2, -0.15) is 0 Å². The molecule has 90 valence electrons. The molecule has 16 heavy (non-hydrogen) atoms. The summed E-state index contributed by atoms with van der Waals surface area (Å²) in [7, 11) is 1.82. The maximum atomic E-state index is 13.5. The molecule has 1 aromatic carbocycles. The van der Waals surface area contributed by atoms with Crippen LogP contribution in [-0.4, -0.2) is 24.3 Å². The second-order valence-electron chi connectivity index (χ2n) is 4.26. The maximum absolute atomic E-state index is 13.5. The number of aliphatic hydroxyl groups is 1. The van der Waals surface area contributed by atoms with Gasteiger partial charge in [0.15, 0.2) is 0 Å². The molecule has 0 spiro atoms. The molecule has 0 aliphatic heterocycles. The Hall–Kier alpha value is -0.640. The van der Waals surface area contributed by atoms with Crippen molar-refractivity contribution < 1.29 is 9.50 Å². The zero-order valence-electron chi connectivity index (χ0n) is 9.56. The summed E-state index contributed by atoms with van der Waals surface area (Å²) in [5, 5.41) is 13.4. The number of hydrogen-bond donors (Lipinski definition) is 2. The number of hydrogen-bond acceptors (Lipinski definition) is 2. The molecule has 0 heterocycles. The third-order valence-electron chi connectivity index (χ3n) is 2.50. The lowest BCUT2D eigenvalue weighted by atomic mass is 9.93. The summed E-state index contributed by atoms with van der Waals surface area (Å²) in [6.07, 6.45) is 0.864. The molecule has 4 heteroatoms. The lowest BCUT2D eigenvalue weighted by Gasteiger charge is -2.23. The van der Waals surface area contributed by atoms with Crippen molar-refractivity contribution in [2.45, 2.75) is 25.4 Å². The van der Waals surface area contributed by atoms with Gasteiger partial charge in [0.2, 0.25) is 0 Å². The molecule has 0 amide bonds. The first-order valence-electron chi connectivity index (χ1n) is 5.25. The largest absolute Gasteiger partial charge is 0.390 e. The van der Waals surface area contributed by atoms with Gasteiger partial charge in [-0.3, -0.25) is 0 Å². The fourth-order valence-electron chi connectivity index (χ4n) is 1.56. The van der Waals surface area contributed by atoms with E-state index in [9.17, 15) is 9.50 Å². The Labute approximate surface area is 100 Å². The van der Waals surface area contributed by atoms with Crippen molar-refractivity contribution in [3.05, 3.63) is 34.6 Å². The highest BCUT2D eigenvalue weighted by molar-refractivity contribution is 6.30. The van der Waals surface area contributed by atoms with Gasteiger partial charge in [0.25, 0.3) is 0 Å². The summed E-state index contributed by atoms with van der Waals surface area (Å²) in [5.41, 5.74) is -0.414. The van der Waals surface area contributed by atoms with Crippen LogP contribution >= 0.6 is 11.6 Å². The van der Waals surface area contributed by atoms with Gasteiger partial charge in [-0.1, -0.05) is 17.7 Å². The number of nitrogens with one attached hydrogen (secondary N) is 1. The zero-order valence-corrected chi connectivity index (χ0v) is 10.3. The van der Waals surface area contributed by atoms with Crippen LogP contribution in [0.5, 0.6) is 0 Å². The predicted molar refractivity (Wildman–Crippen MR) is 64.3 cm³/mol. The van der Waals surface area contributed by atoms with Crippen LogP contribution in [0, 0.1) is 5.82 Å². The minimum atomic E-state index is -0.905. The fraction of sp³-hybridized carbons (Fsp3) is 0.500. The van der Waals surface area contributed by atoms with Crippen molar-refractivity contribution in [1.29, 1.82) is 0 Å². The van der Waals surface area contributed by atoms with Gasteiger partial charge in [0, 0.05) is 11.4 Å². The van der Waals surface area contributed by atoms with Crippen molar-refractivity contribution in [2.24, 2.45) is 0 Å². The normalized spacial score (nSPS) is 14.8. The van der Waals surface area contributed by atoms with Crippen LogP contribution in [0.3, 0.4) is 0 Å². The van der Waals surface area contributed by atoms with E-state index in [-0.39, 0.29) is 12.2 Å². The van der Waals surface area contributed by atoms with Crippen LogP contribution in [0.1, 0.15) is 18.9 Å². The molecule has 1 atom stereocenters. The average molecular weight is 246 g/mol. The summed E-state index contributed by atoms with van der Waals surface area (Å²) in [4.78, 5) is 0. The van der Waals surface area contributed by atoms with Crippen molar-refractivity contribution >= 4 is 11.6 Å². The van der Waals surface area contributed by atoms with Crippen LogP contribution in [0.4, 0.5) is 4.39 Å². The average Bonchev–Trinajstić information content (AvgIpc) is 2.19.